The van der Waals surface area contributed by atoms with Crippen molar-refractivity contribution in [2.75, 3.05) is 7.11 Å². The van der Waals surface area contributed by atoms with E-state index in [1.807, 2.05) is 0 Å². The van der Waals surface area contributed by atoms with Crippen LogP contribution in [-0.4, -0.2) is 22.9 Å². The van der Waals surface area contributed by atoms with Gasteiger partial charge in [0, 0.05) is 18.3 Å². The van der Waals surface area contributed by atoms with Crippen LogP contribution in [-0.2, 0) is 0 Å². The van der Waals surface area contributed by atoms with Gasteiger partial charge in [0.25, 0.3) is 0 Å². The molecule has 1 fully saturated rings. The Morgan fingerprint density at radius 2 is 1.82 bits per heavy atom. The number of ether oxygens (including phenoxy) is 1. The van der Waals surface area contributed by atoms with Crippen molar-refractivity contribution in [1.29, 1.82) is 0 Å². The maximum Gasteiger partial charge on any atom is 0.243 e. The topological polar surface area (TPSA) is 52.1 Å². The molecular formula is C13H18N2O2. The predicted molar refractivity (Wildman–Crippen MR) is 64.1 cm³/mol. The Balaban J connectivity index is 2.17. The highest BCUT2D eigenvalue weighted by Gasteiger charge is 2.25. The number of hydrogen-bond acceptors (Lipinski definition) is 4. The van der Waals surface area contributed by atoms with Gasteiger partial charge >= 0.3 is 0 Å². The van der Waals surface area contributed by atoms with Crippen LogP contribution in [0.3, 0.4) is 0 Å². The highest BCUT2D eigenvalue weighted by atomic mass is 16.5. The quantitative estimate of drug-likeness (QED) is 0.596. The highest BCUT2D eigenvalue weighted by Crippen LogP contribution is 2.27. The second kappa shape index (κ2) is 5.75. The fourth-order valence-electron chi connectivity index (χ4n) is 2.38. The van der Waals surface area contributed by atoms with E-state index < -0.39 is 0 Å². The number of Topliss-reactive ketones (excluding diaryl/α,β-unsaturated/α-hetero) is 1. The van der Waals surface area contributed by atoms with Crippen LogP contribution in [0.5, 0.6) is 5.88 Å². The van der Waals surface area contributed by atoms with Gasteiger partial charge < -0.3 is 4.74 Å². The second-order valence-corrected chi connectivity index (χ2v) is 4.47. The monoisotopic (exact) mass is 234 g/mol. The van der Waals surface area contributed by atoms with E-state index in [1.165, 1.54) is 20.0 Å². The van der Waals surface area contributed by atoms with Crippen molar-refractivity contribution in [3.63, 3.8) is 0 Å². The molecule has 4 nitrogen and oxygen atoms in total. The number of hydrogen-bond donors (Lipinski definition) is 0. The van der Waals surface area contributed by atoms with E-state index in [1.54, 1.807) is 12.4 Å². The molecule has 0 spiro atoms. The lowest BCUT2D eigenvalue weighted by Crippen LogP contribution is -2.17. The minimum atomic E-state index is 0.0943. The van der Waals surface area contributed by atoms with Crippen molar-refractivity contribution in [3.8, 4) is 5.88 Å². The van der Waals surface area contributed by atoms with Crippen molar-refractivity contribution in [1.82, 2.24) is 9.97 Å². The molecule has 0 radical (unpaired) electrons. The summed E-state index contributed by atoms with van der Waals surface area (Å²) in [5.74, 6) is 0.543. The SMILES string of the molecule is COc1nccnc1C(=O)C1CCCCCC1. The predicted octanol–water partition coefficient (Wildman–Crippen LogP) is 2.64. The normalized spacial score (nSPS) is 17.5. The smallest absolute Gasteiger partial charge is 0.243 e. The molecule has 0 bridgehead atoms. The molecule has 92 valence electrons. The lowest BCUT2D eigenvalue weighted by molar-refractivity contribution is 0.0898. The molecule has 0 aromatic carbocycles. The first-order chi connectivity index (χ1) is 8.33. The van der Waals surface area contributed by atoms with Crippen molar-refractivity contribution < 1.29 is 9.53 Å². The lowest BCUT2D eigenvalue weighted by atomic mass is 9.93. The minimum Gasteiger partial charge on any atom is -0.479 e. The molecule has 2 rings (SSSR count). The minimum absolute atomic E-state index is 0.0943. The Bertz CT molecular complexity index is 385. The van der Waals surface area contributed by atoms with E-state index in [9.17, 15) is 4.79 Å². The first-order valence-electron chi connectivity index (χ1n) is 6.22. The van der Waals surface area contributed by atoms with Crippen LogP contribution in [0.2, 0.25) is 0 Å². The average molecular weight is 234 g/mol. The average Bonchev–Trinajstić information content (AvgIpc) is 2.66. The Morgan fingerprint density at radius 1 is 1.18 bits per heavy atom. The fourth-order valence-corrected chi connectivity index (χ4v) is 2.38. The second-order valence-electron chi connectivity index (χ2n) is 4.47. The van der Waals surface area contributed by atoms with Gasteiger partial charge in [0.2, 0.25) is 5.88 Å². The van der Waals surface area contributed by atoms with Crippen LogP contribution in [0.1, 0.15) is 49.0 Å². The molecule has 1 aromatic heterocycles. The Hall–Kier alpha value is -1.45. The highest BCUT2D eigenvalue weighted by molar-refractivity contribution is 5.97. The Kier molecular flexibility index (Phi) is 4.07. The van der Waals surface area contributed by atoms with Gasteiger partial charge in [-0.15, -0.1) is 0 Å². The van der Waals surface area contributed by atoms with Gasteiger partial charge in [0.05, 0.1) is 7.11 Å². The first kappa shape index (κ1) is 12.0. The van der Waals surface area contributed by atoms with Crippen molar-refractivity contribution in [3.05, 3.63) is 18.1 Å². The van der Waals surface area contributed by atoms with Crippen LogP contribution in [0, 0.1) is 5.92 Å². The third-order valence-electron chi connectivity index (χ3n) is 3.32. The number of rotatable bonds is 3. The van der Waals surface area contributed by atoms with Crippen molar-refractivity contribution in [2.45, 2.75) is 38.5 Å². The molecular weight excluding hydrogens is 216 g/mol. The summed E-state index contributed by atoms with van der Waals surface area (Å²) in [6, 6.07) is 0. The number of methoxy groups -OCH3 is 1. The van der Waals surface area contributed by atoms with Gasteiger partial charge in [-0.1, -0.05) is 25.7 Å². The summed E-state index contributed by atoms with van der Waals surface area (Å²) in [4.78, 5) is 20.5. The summed E-state index contributed by atoms with van der Waals surface area (Å²) < 4.78 is 5.09. The van der Waals surface area contributed by atoms with Gasteiger partial charge in [-0.25, -0.2) is 9.97 Å². The third kappa shape index (κ3) is 2.81. The molecule has 1 heterocycles. The number of carbonyl (C=O) groups is 1. The van der Waals surface area contributed by atoms with Gasteiger partial charge in [-0.2, -0.15) is 0 Å². The maximum atomic E-state index is 12.3. The van der Waals surface area contributed by atoms with E-state index in [0.29, 0.717) is 11.6 Å². The van der Waals surface area contributed by atoms with E-state index in [2.05, 4.69) is 9.97 Å². The molecule has 17 heavy (non-hydrogen) atoms. The number of ketones is 1. The van der Waals surface area contributed by atoms with E-state index in [4.69, 9.17) is 4.74 Å². The summed E-state index contributed by atoms with van der Waals surface area (Å²) in [6.07, 6.45) is 9.78. The third-order valence-corrected chi connectivity index (χ3v) is 3.32. The summed E-state index contributed by atoms with van der Waals surface area (Å²) >= 11 is 0. The van der Waals surface area contributed by atoms with Crippen LogP contribution in [0.4, 0.5) is 0 Å². The Morgan fingerprint density at radius 3 is 2.47 bits per heavy atom. The molecule has 0 atom stereocenters. The zero-order chi connectivity index (χ0) is 12.1. The van der Waals surface area contributed by atoms with Crippen molar-refractivity contribution >= 4 is 5.78 Å². The molecule has 1 aromatic rings. The summed E-state index contributed by atoms with van der Waals surface area (Å²) in [6.45, 7) is 0. The van der Waals surface area contributed by atoms with E-state index in [0.717, 1.165) is 25.7 Å². The van der Waals surface area contributed by atoms with Gasteiger partial charge in [-0.3, -0.25) is 4.79 Å². The van der Waals surface area contributed by atoms with Gasteiger partial charge in [0.1, 0.15) is 0 Å². The summed E-state index contributed by atoms with van der Waals surface area (Å²) in [7, 11) is 1.52. The van der Waals surface area contributed by atoms with Crippen LogP contribution in [0.25, 0.3) is 0 Å². The van der Waals surface area contributed by atoms with Crippen LogP contribution >= 0.6 is 0 Å². The standard InChI is InChI=1S/C13H18N2O2/c1-17-13-11(14-8-9-15-13)12(16)10-6-4-2-3-5-7-10/h8-10H,2-7H2,1H3. The number of nitrogens with zero attached hydrogens (tertiary/aromatic N) is 2. The molecule has 0 N–H and O–H groups in total. The largest absolute Gasteiger partial charge is 0.479 e. The fraction of sp³-hybridized carbons (Fsp3) is 0.615. The maximum absolute atomic E-state index is 12.3. The zero-order valence-electron chi connectivity index (χ0n) is 10.2. The van der Waals surface area contributed by atoms with Crippen molar-refractivity contribution in [2.24, 2.45) is 5.92 Å². The number of aromatic nitrogens is 2. The zero-order valence-corrected chi connectivity index (χ0v) is 10.2. The molecule has 0 saturated heterocycles. The van der Waals surface area contributed by atoms with E-state index >= 15 is 0 Å². The van der Waals surface area contributed by atoms with E-state index in [-0.39, 0.29) is 11.7 Å². The van der Waals surface area contributed by atoms with Crippen LogP contribution in [0.15, 0.2) is 12.4 Å². The van der Waals surface area contributed by atoms with Gasteiger partial charge in [-0.05, 0) is 12.8 Å². The molecule has 0 amide bonds. The molecule has 0 aliphatic heterocycles. The summed E-state index contributed by atoms with van der Waals surface area (Å²) in [5.41, 5.74) is 0.391. The molecule has 1 aliphatic carbocycles. The van der Waals surface area contributed by atoms with Gasteiger partial charge in [0.15, 0.2) is 11.5 Å². The lowest BCUT2D eigenvalue weighted by Gasteiger charge is -2.13. The van der Waals surface area contributed by atoms with Crippen LogP contribution < -0.4 is 4.74 Å². The molecule has 1 saturated carbocycles. The Labute approximate surface area is 101 Å². The summed E-state index contributed by atoms with van der Waals surface area (Å²) in [5, 5.41) is 0. The molecule has 4 heteroatoms. The molecule has 0 unspecified atom stereocenters. The molecule has 1 aliphatic rings. The first-order valence-corrected chi connectivity index (χ1v) is 6.22. The number of carbonyl (C=O) groups excluding carboxylic acids is 1.